The molecule has 5 rings (SSSR count). The minimum atomic E-state index is 1.12. The molecule has 0 radical (unpaired) electrons. The average Bonchev–Trinajstić information content (AvgIpc) is 2.97. The predicted octanol–water partition coefficient (Wildman–Crippen LogP) is 9.89. The van der Waals surface area contributed by atoms with Gasteiger partial charge in [-0.2, -0.15) is 0 Å². The Balaban J connectivity index is 1.53. The molecule has 0 amide bonds. The molecule has 0 fully saturated rings. The molecule has 2 nitrogen and oxygen atoms in total. The van der Waals surface area contributed by atoms with Crippen LogP contribution in [-0.2, 0) is 0 Å². The summed E-state index contributed by atoms with van der Waals surface area (Å²) in [6, 6.07) is 43.1. The smallest absolute Gasteiger partial charge is 0.0487 e. The third kappa shape index (κ3) is 5.05. The molecule has 37 heavy (non-hydrogen) atoms. The number of nitrogens with zero attached hydrogens (tertiary/aromatic N) is 2. The topological polar surface area (TPSA) is 6.48 Å². The van der Waals surface area contributed by atoms with E-state index in [1.807, 2.05) is 0 Å². The van der Waals surface area contributed by atoms with Gasteiger partial charge in [0.25, 0.3) is 0 Å². The van der Waals surface area contributed by atoms with E-state index in [-0.39, 0.29) is 0 Å². The molecule has 0 bridgehead atoms. The second-order valence-electron chi connectivity index (χ2n) is 9.04. The van der Waals surface area contributed by atoms with Gasteiger partial charge in [-0.25, -0.2) is 0 Å². The number of hydrogen-bond acceptors (Lipinski definition) is 2. The third-order valence-electron chi connectivity index (χ3n) is 6.73. The SMILES string of the molecule is C/C=C\C(=C/C)N(c1ccc(N(C)c2cccc3ccccc23)cc1)c1cccc(-c2ccccc2)c1. The van der Waals surface area contributed by atoms with Crippen LogP contribution in [-0.4, -0.2) is 7.05 Å². The third-order valence-corrected chi connectivity index (χ3v) is 6.73. The highest BCUT2D eigenvalue weighted by Gasteiger charge is 2.15. The van der Waals surface area contributed by atoms with Crippen LogP contribution in [0.3, 0.4) is 0 Å². The minimum absolute atomic E-state index is 1.12. The summed E-state index contributed by atoms with van der Waals surface area (Å²) in [6.45, 7) is 4.15. The normalized spacial score (nSPS) is 11.7. The van der Waals surface area contributed by atoms with Crippen molar-refractivity contribution in [1.82, 2.24) is 0 Å². The molecule has 5 aromatic rings. The van der Waals surface area contributed by atoms with Crippen molar-refractivity contribution in [2.45, 2.75) is 13.8 Å². The fourth-order valence-corrected chi connectivity index (χ4v) is 4.84. The van der Waals surface area contributed by atoms with Crippen LogP contribution in [0.15, 0.2) is 145 Å². The molecular weight excluding hydrogens is 448 g/mol. The summed E-state index contributed by atoms with van der Waals surface area (Å²) in [6.07, 6.45) is 6.41. The lowest BCUT2D eigenvalue weighted by molar-refractivity contribution is 1.18. The molecular formula is C35H32N2. The van der Waals surface area contributed by atoms with E-state index in [1.54, 1.807) is 0 Å². The van der Waals surface area contributed by atoms with Gasteiger partial charge in [0, 0.05) is 40.9 Å². The van der Waals surface area contributed by atoms with Crippen molar-refractivity contribution < 1.29 is 0 Å². The van der Waals surface area contributed by atoms with Gasteiger partial charge < -0.3 is 9.80 Å². The van der Waals surface area contributed by atoms with Crippen molar-refractivity contribution in [3.63, 3.8) is 0 Å². The number of allylic oxidation sites excluding steroid dienone is 3. The Morgan fingerprint density at radius 2 is 1.24 bits per heavy atom. The van der Waals surface area contributed by atoms with E-state index in [0.717, 1.165) is 22.8 Å². The first-order chi connectivity index (χ1) is 18.2. The van der Waals surface area contributed by atoms with Crippen molar-refractivity contribution in [2.24, 2.45) is 0 Å². The number of rotatable bonds is 7. The number of benzene rings is 5. The first-order valence-corrected chi connectivity index (χ1v) is 12.8. The van der Waals surface area contributed by atoms with Crippen molar-refractivity contribution in [3.8, 4) is 11.1 Å². The molecule has 0 saturated carbocycles. The Morgan fingerprint density at radius 1 is 0.595 bits per heavy atom. The summed E-state index contributed by atoms with van der Waals surface area (Å²) in [5, 5.41) is 2.50. The Hall–Kier alpha value is -4.56. The van der Waals surface area contributed by atoms with Crippen molar-refractivity contribution in [2.75, 3.05) is 16.8 Å². The highest BCUT2D eigenvalue weighted by molar-refractivity contribution is 5.96. The van der Waals surface area contributed by atoms with Gasteiger partial charge in [-0.1, -0.05) is 91.0 Å². The molecule has 0 heterocycles. The van der Waals surface area contributed by atoms with Crippen LogP contribution < -0.4 is 9.80 Å². The Labute approximate surface area is 220 Å². The number of anilines is 4. The summed E-state index contributed by atoms with van der Waals surface area (Å²) in [5.41, 5.74) is 8.13. The zero-order valence-corrected chi connectivity index (χ0v) is 21.7. The summed E-state index contributed by atoms with van der Waals surface area (Å²) in [5.74, 6) is 0. The fraction of sp³-hybridized carbons (Fsp3) is 0.0857. The van der Waals surface area contributed by atoms with Gasteiger partial charge in [0.2, 0.25) is 0 Å². The Bertz CT molecular complexity index is 1540. The van der Waals surface area contributed by atoms with Gasteiger partial charge >= 0.3 is 0 Å². The average molecular weight is 481 g/mol. The summed E-state index contributed by atoms with van der Waals surface area (Å²) >= 11 is 0. The molecule has 182 valence electrons. The predicted molar refractivity (Wildman–Crippen MR) is 161 cm³/mol. The van der Waals surface area contributed by atoms with Gasteiger partial charge in [0.05, 0.1) is 0 Å². The largest absolute Gasteiger partial charge is 0.344 e. The van der Waals surface area contributed by atoms with E-state index in [4.69, 9.17) is 0 Å². The lowest BCUT2D eigenvalue weighted by Gasteiger charge is -2.28. The number of hydrogen-bond donors (Lipinski definition) is 0. The summed E-state index contributed by atoms with van der Waals surface area (Å²) < 4.78 is 0. The van der Waals surface area contributed by atoms with Gasteiger partial charge in [0.1, 0.15) is 0 Å². The van der Waals surface area contributed by atoms with Crippen LogP contribution in [0.2, 0.25) is 0 Å². The molecule has 0 unspecified atom stereocenters. The minimum Gasteiger partial charge on any atom is -0.344 e. The molecule has 0 N–H and O–H groups in total. The molecule has 0 aliphatic heterocycles. The Morgan fingerprint density at radius 3 is 2.00 bits per heavy atom. The molecule has 0 aliphatic rings. The van der Waals surface area contributed by atoms with Crippen LogP contribution >= 0.6 is 0 Å². The molecule has 0 atom stereocenters. The molecule has 0 aliphatic carbocycles. The standard InChI is InChI=1S/C35H32N2/c1-4-13-30(5-2)37(33-19-11-18-29(26-33)27-14-7-6-8-15-27)32-24-22-31(23-25-32)36(3)35-21-12-17-28-16-9-10-20-34(28)35/h4-26H,1-3H3/b13-4-,30-5+. The molecule has 2 heteroatoms. The van der Waals surface area contributed by atoms with E-state index >= 15 is 0 Å². The van der Waals surface area contributed by atoms with E-state index in [1.165, 1.54) is 27.6 Å². The summed E-state index contributed by atoms with van der Waals surface area (Å²) in [7, 11) is 2.13. The van der Waals surface area contributed by atoms with Crippen LogP contribution in [0, 0.1) is 0 Å². The Kier molecular flexibility index (Phi) is 7.19. The second-order valence-corrected chi connectivity index (χ2v) is 9.04. The van der Waals surface area contributed by atoms with E-state index in [0.29, 0.717) is 0 Å². The van der Waals surface area contributed by atoms with E-state index < -0.39 is 0 Å². The van der Waals surface area contributed by atoms with Crippen LogP contribution in [0.5, 0.6) is 0 Å². The van der Waals surface area contributed by atoms with Crippen molar-refractivity contribution in [1.29, 1.82) is 0 Å². The first-order valence-electron chi connectivity index (χ1n) is 12.8. The number of fused-ring (bicyclic) bond motifs is 1. The van der Waals surface area contributed by atoms with Gasteiger partial charge in [-0.15, -0.1) is 0 Å². The van der Waals surface area contributed by atoms with E-state index in [9.17, 15) is 0 Å². The van der Waals surface area contributed by atoms with Gasteiger partial charge in [-0.3, -0.25) is 0 Å². The summed E-state index contributed by atoms with van der Waals surface area (Å²) in [4.78, 5) is 4.57. The highest BCUT2D eigenvalue weighted by Crippen LogP contribution is 2.36. The van der Waals surface area contributed by atoms with E-state index in [2.05, 4.69) is 170 Å². The first kappa shape index (κ1) is 24.1. The zero-order chi connectivity index (χ0) is 25.6. The van der Waals surface area contributed by atoms with Crippen LogP contribution in [0.25, 0.3) is 21.9 Å². The lowest BCUT2D eigenvalue weighted by atomic mass is 10.0. The van der Waals surface area contributed by atoms with Gasteiger partial charge in [0.15, 0.2) is 0 Å². The maximum absolute atomic E-state index is 2.31. The maximum atomic E-state index is 2.31. The lowest BCUT2D eigenvalue weighted by Crippen LogP contribution is -2.16. The fourth-order valence-electron chi connectivity index (χ4n) is 4.84. The zero-order valence-electron chi connectivity index (χ0n) is 21.7. The monoisotopic (exact) mass is 480 g/mol. The molecule has 0 spiro atoms. The van der Waals surface area contributed by atoms with Crippen molar-refractivity contribution in [3.05, 3.63) is 145 Å². The van der Waals surface area contributed by atoms with Crippen LogP contribution in [0.4, 0.5) is 22.7 Å². The second kappa shape index (κ2) is 11.0. The molecule has 0 aromatic heterocycles. The maximum Gasteiger partial charge on any atom is 0.0487 e. The molecule has 0 saturated heterocycles. The molecule has 5 aromatic carbocycles. The van der Waals surface area contributed by atoms with Crippen LogP contribution in [0.1, 0.15) is 13.8 Å². The van der Waals surface area contributed by atoms with Gasteiger partial charge in [-0.05, 0) is 78.9 Å². The quantitative estimate of drug-likeness (QED) is 0.214. The highest BCUT2D eigenvalue weighted by atomic mass is 15.1. The van der Waals surface area contributed by atoms with Crippen molar-refractivity contribution >= 4 is 33.5 Å².